The second kappa shape index (κ2) is 4.12. The number of nitrogens with one attached hydrogen (secondary N) is 2. The van der Waals surface area contributed by atoms with Gasteiger partial charge in [-0.15, -0.1) is 0 Å². The van der Waals surface area contributed by atoms with E-state index in [1.807, 2.05) is 0 Å². The number of ether oxygens (including phenoxy) is 1. The van der Waals surface area contributed by atoms with E-state index in [2.05, 4.69) is 26.9 Å². The van der Waals surface area contributed by atoms with E-state index in [1.165, 1.54) is 6.20 Å². The van der Waals surface area contributed by atoms with Crippen LogP contribution in [0, 0.1) is 0 Å². The van der Waals surface area contributed by atoms with Crippen molar-refractivity contribution in [2.45, 2.75) is 19.8 Å². The van der Waals surface area contributed by atoms with Crippen LogP contribution in [0.4, 0.5) is 0 Å². The van der Waals surface area contributed by atoms with Crippen molar-refractivity contribution in [2.75, 3.05) is 6.61 Å². The number of imidazole rings is 1. The third-order valence-electron chi connectivity index (χ3n) is 1.98. The molecule has 0 amide bonds. The molecule has 0 radical (unpaired) electrons. The standard InChI is InChI=1S/C9H12N4O2/c1-2-3-4-15-9-10-5-6-7(13-9)12-8(14)11-6/h5H,2-4H2,1H3,(H2,10,11,12,13,14). The third-order valence-corrected chi connectivity index (χ3v) is 1.98. The molecule has 6 heteroatoms. The average Bonchev–Trinajstić information content (AvgIpc) is 2.57. The van der Waals surface area contributed by atoms with Gasteiger partial charge in [0.25, 0.3) is 0 Å². The number of hydrogen-bond acceptors (Lipinski definition) is 4. The highest BCUT2D eigenvalue weighted by Gasteiger charge is 2.03. The number of aromatic amines is 2. The summed E-state index contributed by atoms with van der Waals surface area (Å²) in [6.45, 7) is 2.67. The number of hydrogen-bond donors (Lipinski definition) is 2. The summed E-state index contributed by atoms with van der Waals surface area (Å²) in [7, 11) is 0. The third kappa shape index (κ3) is 2.15. The molecule has 0 aliphatic rings. The van der Waals surface area contributed by atoms with Crippen LogP contribution >= 0.6 is 0 Å². The maximum Gasteiger partial charge on any atom is 0.325 e. The molecule has 2 aromatic heterocycles. The normalized spacial score (nSPS) is 10.7. The Kier molecular flexibility index (Phi) is 2.66. The SMILES string of the molecule is CCCCOc1ncc2[nH]c(=O)[nH]c2n1. The summed E-state index contributed by atoms with van der Waals surface area (Å²) in [4.78, 5) is 24.1. The van der Waals surface area contributed by atoms with Crippen LogP contribution in [0.3, 0.4) is 0 Å². The Morgan fingerprint density at radius 3 is 3.13 bits per heavy atom. The number of nitrogens with zero attached hydrogens (tertiary/aromatic N) is 2. The van der Waals surface area contributed by atoms with E-state index in [1.54, 1.807) is 0 Å². The molecule has 0 atom stereocenters. The van der Waals surface area contributed by atoms with Crippen LogP contribution in [-0.2, 0) is 0 Å². The van der Waals surface area contributed by atoms with Crippen LogP contribution in [0.1, 0.15) is 19.8 Å². The summed E-state index contributed by atoms with van der Waals surface area (Å²) in [6.07, 6.45) is 3.55. The molecule has 2 N–H and O–H groups in total. The summed E-state index contributed by atoms with van der Waals surface area (Å²) in [6, 6.07) is 0.297. The number of fused-ring (bicyclic) bond motifs is 1. The maximum absolute atomic E-state index is 10.9. The molecule has 0 saturated carbocycles. The Labute approximate surface area is 85.7 Å². The molecular formula is C9H12N4O2. The Morgan fingerprint density at radius 2 is 2.33 bits per heavy atom. The van der Waals surface area contributed by atoms with Crippen molar-refractivity contribution in [3.05, 3.63) is 16.7 Å². The highest BCUT2D eigenvalue weighted by atomic mass is 16.5. The molecule has 80 valence electrons. The van der Waals surface area contributed by atoms with E-state index in [-0.39, 0.29) is 5.69 Å². The number of rotatable bonds is 4. The zero-order valence-electron chi connectivity index (χ0n) is 8.41. The van der Waals surface area contributed by atoms with Crippen molar-refractivity contribution in [3.8, 4) is 6.01 Å². The van der Waals surface area contributed by atoms with Gasteiger partial charge < -0.3 is 9.72 Å². The maximum atomic E-state index is 10.9. The lowest BCUT2D eigenvalue weighted by molar-refractivity contribution is 0.286. The molecule has 0 spiro atoms. The number of H-pyrrole nitrogens is 2. The molecule has 0 bridgehead atoms. The van der Waals surface area contributed by atoms with Crippen LogP contribution in [0.2, 0.25) is 0 Å². The fourth-order valence-corrected chi connectivity index (χ4v) is 1.19. The Hall–Kier alpha value is -1.85. The summed E-state index contributed by atoms with van der Waals surface area (Å²) >= 11 is 0. The summed E-state index contributed by atoms with van der Waals surface area (Å²) in [5.41, 5.74) is 0.773. The van der Waals surface area contributed by atoms with Crippen LogP contribution in [0.25, 0.3) is 11.2 Å². The highest BCUT2D eigenvalue weighted by molar-refractivity contribution is 5.68. The van der Waals surface area contributed by atoms with E-state index < -0.39 is 0 Å². The van der Waals surface area contributed by atoms with Crippen molar-refractivity contribution < 1.29 is 4.74 Å². The first-order valence-electron chi connectivity index (χ1n) is 4.87. The van der Waals surface area contributed by atoms with Gasteiger partial charge in [0.1, 0.15) is 5.52 Å². The average molecular weight is 208 g/mol. The second-order valence-corrected chi connectivity index (χ2v) is 3.20. The minimum atomic E-state index is -0.287. The van der Waals surface area contributed by atoms with Gasteiger partial charge in [0, 0.05) is 0 Å². The summed E-state index contributed by atoms with van der Waals surface area (Å²) in [5.74, 6) is 0. The Morgan fingerprint density at radius 1 is 1.47 bits per heavy atom. The lowest BCUT2D eigenvalue weighted by Crippen LogP contribution is -2.01. The first-order valence-corrected chi connectivity index (χ1v) is 4.87. The quantitative estimate of drug-likeness (QED) is 0.729. The molecule has 2 rings (SSSR count). The van der Waals surface area contributed by atoms with Gasteiger partial charge in [-0.2, -0.15) is 4.98 Å². The number of unbranched alkanes of at least 4 members (excludes halogenated alkanes) is 1. The van der Waals surface area contributed by atoms with E-state index in [9.17, 15) is 4.79 Å². The van der Waals surface area contributed by atoms with E-state index in [0.29, 0.717) is 23.8 Å². The van der Waals surface area contributed by atoms with Crippen LogP contribution in [0.15, 0.2) is 11.0 Å². The fraction of sp³-hybridized carbons (Fsp3) is 0.444. The Balaban J connectivity index is 2.19. The molecule has 0 saturated heterocycles. The molecule has 2 aromatic rings. The van der Waals surface area contributed by atoms with E-state index >= 15 is 0 Å². The highest BCUT2D eigenvalue weighted by Crippen LogP contribution is 2.07. The molecule has 2 heterocycles. The van der Waals surface area contributed by atoms with E-state index in [0.717, 1.165) is 12.8 Å². The van der Waals surface area contributed by atoms with Gasteiger partial charge in [0.05, 0.1) is 12.8 Å². The van der Waals surface area contributed by atoms with Crippen molar-refractivity contribution in [3.63, 3.8) is 0 Å². The Bertz CT molecular complexity index is 502. The minimum absolute atomic E-state index is 0.287. The first kappa shape index (κ1) is 9.70. The van der Waals surface area contributed by atoms with Gasteiger partial charge in [-0.1, -0.05) is 13.3 Å². The van der Waals surface area contributed by atoms with Crippen molar-refractivity contribution in [2.24, 2.45) is 0 Å². The number of aromatic nitrogens is 4. The molecule has 0 unspecified atom stereocenters. The van der Waals surface area contributed by atoms with Crippen molar-refractivity contribution >= 4 is 11.2 Å². The minimum Gasteiger partial charge on any atom is -0.463 e. The predicted octanol–water partition coefficient (Wildman–Crippen LogP) is 0.825. The van der Waals surface area contributed by atoms with Crippen LogP contribution in [0.5, 0.6) is 6.01 Å². The smallest absolute Gasteiger partial charge is 0.325 e. The predicted molar refractivity (Wildman–Crippen MR) is 54.9 cm³/mol. The zero-order chi connectivity index (χ0) is 10.7. The van der Waals surface area contributed by atoms with Gasteiger partial charge in [-0.3, -0.25) is 4.98 Å². The van der Waals surface area contributed by atoms with Gasteiger partial charge in [-0.25, -0.2) is 9.78 Å². The zero-order valence-corrected chi connectivity index (χ0v) is 8.41. The van der Waals surface area contributed by atoms with Gasteiger partial charge >= 0.3 is 11.7 Å². The second-order valence-electron chi connectivity index (χ2n) is 3.20. The lowest BCUT2D eigenvalue weighted by Gasteiger charge is -2.01. The van der Waals surface area contributed by atoms with Crippen LogP contribution in [-0.4, -0.2) is 26.5 Å². The molecule has 15 heavy (non-hydrogen) atoms. The fourth-order valence-electron chi connectivity index (χ4n) is 1.19. The lowest BCUT2D eigenvalue weighted by atomic mass is 10.4. The molecule has 0 fully saturated rings. The van der Waals surface area contributed by atoms with E-state index in [4.69, 9.17) is 4.74 Å². The largest absolute Gasteiger partial charge is 0.463 e. The monoisotopic (exact) mass is 208 g/mol. The summed E-state index contributed by atoms with van der Waals surface area (Å²) in [5, 5.41) is 0. The molecule has 0 aliphatic carbocycles. The topological polar surface area (TPSA) is 83.7 Å². The molecule has 0 aliphatic heterocycles. The summed E-state index contributed by atoms with van der Waals surface area (Å²) < 4.78 is 5.31. The molecule has 6 nitrogen and oxygen atoms in total. The molecule has 0 aromatic carbocycles. The van der Waals surface area contributed by atoms with Crippen molar-refractivity contribution in [1.29, 1.82) is 0 Å². The van der Waals surface area contributed by atoms with Crippen molar-refractivity contribution in [1.82, 2.24) is 19.9 Å². The van der Waals surface area contributed by atoms with Gasteiger partial charge in [0.2, 0.25) is 0 Å². The first-order chi connectivity index (χ1) is 7.29. The van der Waals surface area contributed by atoms with Gasteiger partial charge in [0.15, 0.2) is 5.65 Å². The van der Waals surface area contributed by atoms with Crippen LogP contribution < -0.4 is 10.4 Å². The molecular weight excluding hydrogens is 196 g/mol. The van der Waals surface area contributed by atoms with Gasteiger partial charge in [-0.05, 0) is 6.42 Å².